The number of para-hydroxylation sites is 1. The Hall–Kier alpha value is -1.06. The number of benzene rings is 1. The van der Waals surface area contributed by atoms with Crippen LogP contribution in [0.1, 0.15) is 38.7 Å². The summed E-state index contributed by atoms with van der Waals surface area (Å²) in [6.45, 7) is 7.48. The summed E-state index contributed by atoms with van der Waals surface area (Å²) >= 11 is 0. The SMILES string of the molecule is CCC(CC)N(CCCc1ccccc1N)CCOC. The van der Waals surface area contributed by atoms with E-state index in [1.54, 1.807) is 7.11 Å². The summed E-state index contributed by atoms with van der Waals surface area (Å²) in [5, 5.41) is 0. The Morgan fingerprint density at radius 3 is 2.45 bits per heavy atom. The molecular formula is C17H30N2O. The lowest BCUT2D eigenvalue weighted by molar-refractivity contribution is 0.114. The van der Waals surface area contributed by atoms with Crippen molar-refractivity contribution in [3.63, 3.8) is 0 Å². The number of nitrogen functional groups attached to an aromatic ring is 1. The van der Waals surface area contributed by atoms with E-state index in [2.05, 4.69) is 30.9 Å². The van der Waals surface area contributed by atoms with Crippen LogP contribution in [0.5, 0.6) is 0 Å². The minimum atomic E-state index is 0.665. The first-order chi connectivity index (χ1) is 9.72. The molecule has 3 nitrogen and oxygen atoms in total. The molecule has 0 bridgehead atoms. The minimum absolute atomic E-state index is 0.665. The van der Waals surface area contributed by atoms with E-state index >= 15 is 0 Å². The number of nitrogens with zero attached hydrogens (tertiary/aromatic N) is 1. The summed E-state index contributed by atoms with van der Waals surface area (Å²) in [6.07, 6.45) is 4.60. The fraction of sp³-hybridized carbons (Fsp3) is 0.647. The molecule has 20 heavy (non-hydrogen) atoms. The number of aryl methyl sites for hydroxylation is 1. The molecule has 0 atom stereocenters. The van der Waals surface area contributed by atoms with E-state index in [-0.39, 0.29) is 0 Å². The molecule has 0 aliphatic rings. The zero-order valence-corrected chi connectivity index (χ0v) is 13.3. The van der Waals surface area contributed by atoms with Gasteiger partial charge in [-0.2, -0.15) is 0 Å². The molecule has 2 N–H and O–H groups in total. The van der Waals surface area contributed by atoms with Gasteiger partial charge in [-0.25, -0.2) is 0 Å². The van der Waals surface area contributed by atoms with Crippen LogP contribution in [0.3, 0.4) is 0 Å². The average Bonchev–Trinajstić information content (AvgIpc) is 2.47. The predicted molar refractivity (Wildman–Crippen MR) is 87.0 cm³/mol. The number of hydrogen-bond donors (Lipinski definition) is 1. The average molecular weight is 278 g/mol. The van der Waals surface area contributed by atoms with Gasteiger partial charge in [-0.3, -0.25) is 4.90 Å². The van der Waals surface area contributed by atoms with Crippen LogP contribution in [-0.2, 0) is 11.2 Å². The number of hydrogen-bond acceptors (Lipinski definition) is 3. The molecule has 0 saturated heterocycles. The summed E-state index contributed by atoms with van der Waals surface area (Å²) in [7, 11) is 1.77. The predicted octanol–water partition coefficient (Wildman–Crippen LogP) is 3.34. The number of nitrogens with two attached hydrogens (primary N) is 1. The second-order valence-electron chi connectivity index (χ2n) is 5.30. The first-order valence-corrected chi connectivity index (χ1v) is 7.79. The lowest BCUT2D eigenvalue weighted by Crippen LogP contribution is -2.37. The van der Waals surface area contributed by atoms with Gasteiger partial charge in [0, 0.05) is 25.4 Å². The lowest BCUT2D eigenvalue weighted by Gasteiger charge is -2.30. The largest absolute Gasteiger partial charge is 0.399 e. The summed E-state index contributed by atoms with van der Waals surface area (Å²) in [5.74, 6) is 0. The van der Waals surface area contributed by atoms with Crippen LogP contribution in [0.25, 0.3) is 0 Å². The second-order valence-corrected chi connectivity index (χ2v) is 5.30. The normalized spacial score (nSPS) is 11.4. The highest BCUT2D eigenvalue weighted by molar-refractivity contribution is 5.46. The summed E-state index contributed by atoms with van der Waals surface area (Å²) in [4.78, 5) is 2.56. The molecule has 0 saturated carbocycles. The first-order valence-electron chi connectivity index (χ1n) is 7.79. The molecule has 1 aromatic carbocycles. The zero-order chi connectivity index (χ0) is 14.8. The highest BCUT2D eigenvalue weighted by Crippen LogP contribution is 2.14. The first kappa shape index (κ1) is 17.0. The number of rotatable bonds is 10. The molecule has 0 unspecified atom stereocenters. The Kier molecular flexibility index (Phi) is 8.31. The maximum atomic E-state index is 6.00. The van der Waals surface area contributed by atoms with Gasteiger partial charge in [0.25, 0.3) is 0 Å². The smallest absolute Gasteiger partial charge is 0.0589 e. The van der Waals surface area contributed by atoms with Crippen molar-refractivity contribution >= 4 is 5.69 Å². The van der Waals surface area contributed by atoms with E-state index in [9.17, 15) is 0 Å². The van der Waals surface area contributed by atoms with Crippen LogP contribution in [-0.4, -0.2) is 37.7 Å². The maximum Gasteiger partial charge on any atom is 0.0589 e. The summed E-state index contributed by atoms with van der Waals surface area (Å²) < 4.78 is 5.23. The van der Waals surface area contributed by atoms with Crippen molar-refractivity contribution in [2.45, 2.75) is 45.6 Å². The highest BCUT2D eigenvalue weighted by Gasteiger charge is 2.14. The van der Waals surface area contributed by atoms with Crippen LogP contribution >= 0.6 is 0 Å². The van der Waals surface area contributed by atoms with E-state index in [4.69, 9.17) is 10.5 Å². The third-order valence-corrected chi connectivity index (χ3v) is 3.99. The fourth-order valence-electron chi connectivity index (χ4n) is 2.73. The molecule has 0 fully saturated rings. The van der Waals surface area contributed by atoms with Gasteiger partial charge in [0.2, 0.25) is 0 Å². The molecule has 1 aromatic rings. The fourth-order valence-corrected chi connectivity index (χ4v) is 2.73. The van der Waals surface area contributed by atoms with Crippen LogP contribution in [0.15, 0.2) is 24.3 Å². The van der Waals surface area contributed by atoms with Crippen molar-refractivity contribution in [1.29, 1.82) is 0 Å². The molecule has 114 valence electrons. The maximum absolute atomic E-state index is 6.00. The number of methoxy groups -OCH3 is 1. The van der Waals surface area contributed by atoms with Gasteiger partial charge in [0.05, 0.1) is 6.61 Å². The third kappa shape index (κ3) is 5.51. The topological polar surface area (TPSA) is 38.5 Å². The second kappa shape index (κ2) is 9.78. The van der Waals surface area contributed by atoms with E-state index in [0.717, 1.165) is 38.2 Å². The Labute approximate surface area is 124 Å². The molecule has 0 spiro atoms. The van der Waals surface area contributed by atoms with Gasteiger partial charge in [-0.15, -0.1) is 0 Å². The molecular weight excluding hydrogens is 248 g/mol. The van der Waals surface area contributed by atoms with E-state index in [1.807, 2.05) is 12.1 Å². The number of ether oxygens (including phenoxy) is 1. The van der Waals surface area contributed by atoms with Crippen molar-refractivity contribution in [2.75, 3.05) is 32.5 Å². The van der Waals surface area contributed by atoms with E-state index < -0.39 is 0 Å². The quantitative estimate of drug-likeness (QED) is 0.667. The minimum Gasteiger partial charge on any atom is -0.399 e. The van der Waals surface area contributed by atoms with E-state index in [1.165, 1.54) is 18.4 Å². The van der Waals surface area contributed by atoms with Gasteiger partial charge in [0.1, 0.15) is 0 Å². The van der Waals surface area contributed by atoms with Crippen LogP contribution in [0.4, 0.5) is 5.69 Å². The third-order valence-electron chi connectivity index (χ3n) is 3.99. The molecule has 1 rings (SSSR count). The molecule has 0 radical (unpaired) electrons. The van der Waals surface area contributed by atoms with Crippen LogP contribution < -0.4 is 5.73 Å². The van der Waals surface area contributed by atoms with Crippen LogP contribution in [0, 0.1) is 0 Å². The van der Waals surface area contributed by atoms with Crippen LogP contribution in [0.2, 0.25) is 0 Å². The molecule has 0 aromatic heterocycles. The van der Waals surface area contributed by atoms with Gasteiger partial charge in [-0.1, -0.05) is 32.0 Å². The van der Waals surface area contributed by atoms with Gasteiger partial charge < -0.3 is 10.5 Å². The molecule has 0 aliphatic heterocycles. The molecule has 0 aliphatic carbocycles. The summed E-state index contributed by atoms with van der Waals surface area (Å²) in [5.41, 5.74) is 8.18. The molecule has 0 amide bonds. The zero-order valence-electron chi connectivity index (χ0n) is 13.3. The van der Waals surface area contributed by atoms with Crippen molar-refractivity contribution in [1.82, 2.24) is 4.90 Å². The van der Waals surface area contributed by atoms with Gasteiger partial charge in [0.15, 0.2) is 0 Å². The Morgan fingerprint density at radius 2 is 1.85 bits per heavy atom. The Bertz CT molecular complexity index is 364. The molecule has 0 heterocycles. The van der Waals surface area contributed by atoms with Gasteiger partial charge >= 0.3 is 0 Å². The highest BCUT2D eigenvalue weighted by atomic mass is 16.5. The number of anilines is 1. The lowest BCUT2D eigenvalue weighted by atomic mass is 10.1. The van der Waals surface area contributed by atoms with Crippen molar-refractivity contribution in [3.05, 3.63) is 29.8 Å². The monoisotopic (exact) mass is 278 g/mol. The summed E-state index contributed by atoms with van der Waals surface area (Å²) in [6, 6.07) is 8.84. The van der Waals surface area contributed by atoms with Crippen molar-refractivity contribution in [3.8, 4) is 0 Å². The van der Waals surface area contributed by atoms with E-state index in [0.29, 0.717) is 6.04 Å². The van der Waals surface area contributed by atoms with Crippen molar-refractivity contribution in [2.24, 2.45) is 0 Å². The van der Waals surface area contributed by atoms with Gasteiger partial charge in [-0.05, 0) is 43.9 Å². The van der Waals surface area contributed by atoms with Crippen molar-refractivity contribution < 1.29 is 4.74 Å². The Balaban J connectivity index is 2.47. The standard InChI is InChI=1S/C17H30N2O/c1-4-16(5-2)19(13-14-20-3)12-8-10-15-9-6-7-11-17(15)18/h6-7,9,11,16H,4-5,8,10,12-14,18H2,1-3H3. The molecule has 3 heteroatoms. The Morgan fingerprint density at radius 1 is 1.15 bits per heavy atom.